The lowest BCUT2D eigenvalue weighted by atomic mass is 10.1. The molecule has 4 nitrogen and oxygen atoms in total. The van der Waals surface area contributed by atoms with Crippen molar-refractivity contribution in [1.82, 2.24) is 5.32 Å². The van der Waals surface area contributed by atoms with E-state index in [0.717, 1.165) is 5.69 Å². The van der Waals surface area contributed by atoms with Crippen LogP contribution in [0.15, 0.2) is 36.9 Å². The SMILES string of the molecule is C=CCNC(=O)[C@@H]1CC(=O)N(c2ccc(Cl)cc2)C1. The summed E-state index contributed by atoms with van der Waals surface area (Å²) in [5.41, 5.74) is 0.772. The summed E-state index contributed by atoms with van der Waals surface area (Å²) < 4.78 is 0. The number of benzene rings is 1. The quantitative estimate of drug-likeness (QED) is 0.857. The van der Waals surface area contributed by atoms with Crippen molar-refractivity contribution in [3.05, 3.63) is 41.9 Å². The lowest BCUT2D eigenvalue weighted by Gasteiger charge is -2.16. The second-order valence-electron chi connectivity index (χ2n) is 4.42. The molecule has 100 valence electrons. The van der Waals surface area contributed by atoms with Crippen molar-refractivity contribution in [3.63, 3.8) is 0 Å². The molecule has 2 amide bonds. The van der Waals surface area contributed by atoms with Crippen molar-refractivity contribution in [2.75, 3.05) is 18.0 Å². The zero-order valence-corrected chi connectivity index (χ0v) is 11.2. The highest BCUT2D eigenvalue weighted by molar-refractivity contribution is 6.30. The zero-order valence-electron chi connectivity index (χ0n) is 10.4. The minimum absolute atomic E-state index is 0.0407. The molecule has 5 heteroatoms. The summed E-state index contributed by atoms with van der Waals surface area (Å²) in [6.45, 7) is 4.37. The van der Waals surface area contributed by atoms with Crippen LogP contribution in [0.5, 0.6) is 0 Å². The van der Waals surface area contributed by atoms with Crippen LogP contribution in [0.3, 0.4) is 0 Å². The van der Waals surface area contributed by atoms with Gasteiger partial charge >= 0.3 is 0 Å². The minimum Gasteiger partial charge on any atom is -0.352 e. The number of anilines is 1. The Kier molecular flexibility index (Phi) is 4.22. The maximum Gasteiger partial charge on any atom is 0.227 e. The molecule has 0 aliphatic carbocycles. The van der Waals surface area contributed by atoms with Crippen LogP contribution >= 0.6 is 11.6 Å². The van der Waals surface area contributed by atoms with Gasteiger partial charge in [0.2, 0.25) is 11.8 Å². The van der Waals surface area contributed by atoms with Crippen molar-refractivity contribution in [2.24, 2.45) is 5.92 Å². The Balaban J connectivity index is 2.05. The summed E-state index contributed by atoms with van der Waals surface area (Å²) in [5.74, 6) is -0.450. The normalized spacial score (nSPS) is 18.5. The van der Waals surface area contributed by atoms with E-state index in [1.54, 1.807) is 35.2 Å². The first-order valence-electron chi connectivity index (χ1n) is 6.06. The van der Waals surface area contributed by atoms with Gasteiger partial charge in [-0.2, -0.15) is 0 Å². The predicted octanol–water partition coefficient (Wildman–Crippen LogP) is 2.00. The highest BCUT2D eigenvalue weighted by Gasteiger charge is 2.34. The van der Waals surface area contributed by atoms with Gasteiger partial charge in [0.15, 0.2) is 0 Å². The fourth-order valence-electron chi connectivity index (χ4n) is 2.07. The van der Waals surface area contributed by atoms with Crippen LogP contribution in [0.4, 0.5) is 5.69 Å². The van der Waals surface area contributed by atoms with Gasteiger partial charge in [0.1, 0.15) is 0 Å². The summed E-state index contributed by atoms with van der Waals surface area (Å²) in [7, 11) is 0. The number of carbonyl (C=O) groups is 2. The molecule has 0 bridgehead atoms. The molecule has 1 aromatic rings. The minimum atomic E-state index is -0.303. The van der Waals surface area contributed by atoms with Crippen molar-refractivity contribution < 1.29 is 9.59 Å². The molecule has 0 radical (unpaired) electrons. The average molecular weight is 279 g/mol. The summed E-state index contributed by atoms with van der Waals surface area (Å²) in [6.07, 6.45) is 1.86. The van der Waals surface area contributed by atoms with Crippen molar-refractivity contribution in [2.45, 2.75) is 6.42 Å². The van der Waals surface area contributed by atoms with Gasteiger partial charge in [-0.3, -0.25) is 9.59 Å². The van der Waals surface area contributed by atoms with Crippen LogP contribution < -0.4 is 10.2 Å². The Labute approximate surface area is 117 Å². The van der Waals surface area contributed by atoms with Crippen molar-refractivity contribution in [1.29, 1.82) is 0 Å². The summed E-state index contributed by atoms with van der Waals surface area (Å²) in [6, 6.07) is 7.03. The zero-order chi connectivity index (χ0) is 13.8. The maximum absolute atomic E-state index is 11.9. The van der Waals surface area contributed by atoms with Gasteiger partial charge in [0.25, 0.3) is 0 Å². The molecular formula is C14H15ClN2O2. The second-order valence-corrected chi connectivity index (χ2v) is 4.85. The fraction of sp³-hybridized carbons (Fsp3) is 0.286. The van der Waals surface area contributed by atoms with E-state index in [2.05, 4.69) is 11.9 Å². The van der Waals surface area contributed by atoms with E-state index in [0.29, 0.717) is 18.1 Å². The molecule has 0 aromatic heterocycles. The number of nitrogens with one attached hydrogen (secondary N) is 1. The molecule has 1 aliphatic heterocycles. The third-order valence-corrected chi connectivity index (χ3v) is 3.31. The van der Waals surface area contributed by atoms with Crippen LogP contribution in [-0.4, -0.2) is 24.9 Å². The van der Waals surface area contributed by atoms with Crippen LogP contribution in [0.1, 0.15) is 6.42 Å². The molecule has 0 spiro atoms. The van der Waals surface area contributed by atoms with Gasteiger partial charge in [-0.25, -0.2) is 0 Å². The standard InChI is InChI=1S/C14H15ClN2O2/c1-2-7-16-14(19)10-8-13(18)17(9-10)12-5-3-11(15)4-6-12/h2-6,10H,1,7-9H2,(H,16,19)/t10-/m1/s1. The van der Waals surface area contributed by atoms with Crippen LogP contribution in [-0.2, 0) is 9.59 Å². The molecule has 0 saturated carbocycles. The average Bonchev–Trinajstić information content (AvgIpc) is 2.79. The third-order valence-electron chi connectivity index (χ3n) is 3.05. The number of amides is 2. The molecule has 1 fully saturated rings. The van der Waals surface area contributed by atoms with Gasteiger partial charge in [-0.1, -0.05) is 17.7 Å². The van der Waals surface area contributed by atoms with Crippen molar-refractivity contribution in [3.8, 4) is 0 Å². The molecule has 1 atom stereocenters. The summed E-state index contributed by atoms with van der Waals surface area (Å²) in [5, 5.41) is 3.34. The number of hydrogen-bond donors (Lipinski definition) is 1. The summed E-state index contributed by atoms with van der Waals surface area (Å²) >= 11 is 5.81. The Morgan fingerprint density at radius 2 is 2.16 bits per heavy atom. The number of nitrogens with zero attached hydrogens (tertiary/aromatic N) is 1. The van der Waals surface area contributed by atoms with E-state index in [9.17, 15) is 9.59 Å². The smallest absolute Gasteiger partial charge is 0.227 e. The predicted molar refractivity (Wildman–Crippen MR) is 75.1 cm³/mol. The van der Waals surface area contributed by atoms with Gasteiger partial charge in [0.05, 0.1) is 5.92 Å². The number of rotatable bonds is 4. The van der Waals surface area contributed by atoms with E-state index in [-0.39, 0.29) is 24.2 Å². The molecule has 1 saturated heterocycles. The van der Waals surface area contributed by atoms with E-state index in [1.807, 2.05) is 0 Å². The van der Waals surface area contributed by atoms with Gasteiger partial charge in [-0.15, -0.1) is 6.58 Å². The van der Waals surface area contributed by atoms with Gasteiger partial charge < -0.3 is 10.2 Å². The van der Waals surface area contributed by atoms with Gasteiger partial charge in [0, 0.05) is 30.2 Å². The maximum atomic E-state index is 11.9. The molecule has 0 unspecified atom stereocenters. The topological polar surface area (TPSA) is 49.4 Å². The lowest BCUT2D eigenvalue weighted by Crippen LogP contribution is -2.32. The largest absolute Gasteiger partial charge is 0.352 e. The van der Waals surface area contributed by atoms with Gasteiger partial charge in [-0.05, 0) is 24.3 Å². The van der Waals surface area contributed by atoms with E-state index in [4.69, 9.17) is 11.6 Å². The Hall–Kier alpha value is -1.81. The molecule has 2 rings (SSSR count). The molecule has 1 aromatic carbocycles. The number of carbonyl (C=O) groups excluding carboxylic acids is 2. The fourth-order valence-corrected chi connectivity index (χ4v) is 2.20. The lowest BCUT2D eigenvalue weighted by molar-refractivity contribution is -0.126. The Bertz CT molecular complexity index is 499. The first-order chi connectivity index (χ1) is 9.11. The molecule has 1 heterocycles. The number of hydrogen-bond acceptors (Lipinski definition) is 2. The van der Waals surface area contributed by atoms with E-state index < -0.39 is 0 Å². The highest BCUT2D eigenvalue weighted by Crippen LogP contribution is 2.26. The Morgan fingerprint density at radius 1 is 1.47 bits per heavy atom. The monoisotopic (exact) mass is 278 g/mol. The Morgan fingerprint density at radius 3 is 2.79 bits per heavy atom. The highest BCUT2D eigenvalue weighted by atomic mass is 35.5. The molecule has 1 N–H and O–H groups in total. The van der Waals surface area contributed by atoms with E-state index in [1.165, 1.54) is 0 Å². The van der Waals surface area contributed by atoms with Crippen LogP contribution in [0.25, 0.3) is 0 Å². The first kappa shape index (κ1) is 13.6. The van der Waals surface area contributed by atoms with Crippen LogP contribution in [0, 0.1) is 5.92 Å². The van der Waals surface area contributed by atoms with E-state index >= 15 is 0 Å². The first-order valence-corrected chi connectivity index (χ1v) is 6.44. The second kappa shape index (κ2) is 5.89. The summed E-state index contributed by atoms with van der Waals surface area (Å²) in [4.78, 5) is 25.4. The third kappa shape index (κ3) is 3.15. The molecule has 1 aliphatic rings. The number of halogens is 1. The molecular weight excluding hydrogens is 264 g/mol. The van der Waals surface area contributed by atoms with Crippen molar-refractivity contribution >= 4 is 29.1 Å². The van der Waals surface area contributed by atoms with Crippen LogP contribution in [0.2, 0.25) is 5.02 Å². The molecule has 19 heavy (non-hydrogen) atoms.